The van der Waals surface area contributed by atoms with Crippen molar-refractivity contribution in [2.75, 3.05) is 19.6 Å². The first-order valence-corrected chi connectivity index (χ1v) is 7.45. The molecule has 1 saturated heterocycles. The minimum Gasteiger partial charge on any atom is -0.480 e. The van der Waals surface area contributed by atoms with Crippen molar-refractivity contribution in [2.24, 2.45) is 0 Å². The zero-order chi connectivity index (χ0) is 16.4. The third-order valence-electron chi connectivity index (χ3n) is 3.64. The lowest BCUT2D eigenvalue weighted by molar-refractivity contribution is -0.172. The third-order valence-corrected chi connectivity index (χ3v) is 3.64. The minimum absolute atomic E-state index is 0.109. The molecule has 0 bridgehead atoms. The maximum Gasteiger partial charge on any atom is 0.323 e. The topological polar surface area (TPSA) is 70.1 Å². The number of amides is 2. The number of carbonyl (C=O) groups excluding carboxylic acids is 1. The Kier molecular flexibility index (Phi) is 5.25. The van der Waals surface area contributed by atoms with Crippen LogP contribution in [0.5, 0.6) is 0 Å². The van der Waals surface area contributed by atoms with Crippen LogP contribution < -0.4 is 0 Å². The van der Waals surface area contributed by atoms with Crippen molar-refractivity contribution in [1.29, 1.82) is 0 Å². The van der Waals surface area contributed by atoms with E-state index in [1.54, 1.807) is 4.90 Å². The zero-order valence-electron chi connectivity index (χ0n) is 14.0. The van der Waals surface area contributed by atoms with E-state index in [-0.39, 0.29) is 18.6 Å². The summed E-state index contributed by atoms with van der Waals surface area (Å²) in [5, 5.41) is 9.04. The minimum atomic E-state index is -0.990. The molecule has 21 heavy (non-hydrogen) atoms. The van der Waals surface area contributed by atoms with Gasteiger partial charge in [0.2, 0.25) is 0 Å². The summed E-state index contributed by atoms with van der Waals surface area (Å²) in [5.41, 5.74) is -0.885. The molecule has 1 rings (SSSR count). The molecule has 0 aromatic heterocycles. The average molecular weight is 300 g/mol. The first kappa shape index (κ1) is 17.8. The summed E-state index contributed by atoms with van der Waals surface area (Å²) < 4.78 is 5.96. The van der Waals surface area contributed by atoms with Crippen molar-refractivity contribution in [2.45, 2.75) is 65.2 Å². The molecule has 1 unspecified atom stereocenters. The highest BCUT2D eigenvalue weighted by Gasteiger charge is 2.41. The van der Waals surface area contributed by atoms with Crippen molar-refractivity contribution >= 4 is 12.0 Å². The first-order valence-electron chi connectivity index (χ1n) is 7.45. The summed E-state index contributed by atoms with van der Waals surface area (Å²) in [4.78, 5) is 26.9. The van der Waals surface area contributed by atoms with Gasteiger partial charge in [0.05, 0.1) is 24.3 Å². The number of nitrogens with zero attached hydrogens (tertiary/aromatic N) is 2. The number of hydrogen-bond donors (Lipinski definition) is 1. The number of urea groups is 1. The van der Waals surface area contributed by atoms with E-state index in [0.29, 0.717) is 13.1 Å². The molecule has 1 aliphatic heterocycles. The molecule has 1 fully saturated rings. The first-order chi connectivity index (χ1) is 9.47. The molecule has 1 atom stereocenters. The van der Waals surface area contributed by atoms with Gasteiger partial charge >= 0.3 is 12.0 Å². The van der Waals surface area contributed by atoms with Crippen LogP contribution in [-0.4, -0.2) is 63.8 Å². The normalized spacial score (nSPS) is 21.7. The molecule has 0 spiro atoms. The predicted molar refractivity (Wildman–Crippen MR) is 80.3 cm³/mol. The van der Waals surface area contributed by atoms with E-state index in [9.17, 15) is 9.59 Å². The van der Waals surface area contributed by atoms with Crippen LogP contribution >= 0.6 is 0 Å². The Balaban J connectivity index is 2.94. The summed E-state index contributed by atoms with van der Waals surface area (Å²) in [6, 6.07) is -0.334. The number of carboxylic acid groups (broad SMARTS) is 1. The second kappa shape index (κ2) is 6.22. The molecule has 1 heterocycles. The zero-order valence-corrected chi connectivity index (χ0v) is 14.0. The predicted octanol–water partition coefficient (Wildman–Crippen LogP) is 2.18. The van der Waals surface area contributed by atoms with Gasteiger partial charge < -0.3 is 19.6 Å². The van der Waals surface area contributed by atoms with Crippen LogP contribution in [0.4, 0.5) is 4.79 Å². The van der Waals surface area contributed by atoms with Gasteiger partial charge in [-0.1, -0.05) is 6.92 Å². The molecule has 6 heteroatoms. The molecular weight excluding hydrogens is 272 g/mol. The van der Waals surface area contributed by atoms with Crippen molar-refractivity contribution in [3.63, 3.8) is 0 Å². The van der Waals surface area contributed by atoms with Crippen LogP contribution in [-0.2, 0) is 9.53 Å². The fraction of sp³-hybridized carbons (Fsp3) is 0.867. The number of hydrogen-bond acceptors (Lipinski definition) is 3. The van der Waals surface area contributed by atoms with E-state index in [1.807, 2.05) is 41.5 Å². The van der Waals surface area contributed by atoms with E-state index >= 15 is 0 Å². The highest BCUT2D eigenvalue weighted by molar-refractivity contribution is 5.80. The summed E-state index contributed by atoms with van der Waals surface area (Å²) in [7, 11) is 0. The highest BCUT2D eigenvalue weighted by Crippen LogP contribution is 2.29. The van der Waals surface area contributed by atoms with Crippen LogP contribution in [0.1, 0.15) is 48.0 Å². The maximum absolute atomic E-state index is 12.7. The van der Waals surface area contributed by atoms with Crippen LogP contribution in [0.3, 0.4) is 0 Å². The molecule has 0 radical (unpaired) electrons. The summed E-state index contributed by atoms with van der Waals surface area (Å²) in [6.45, 7) is 12.2. The molecular formula is C15H28N2O4. The van der Waals surface area contributed by atoms with E-state index in [2.05, 4.69) is 0 Å². The second-order valence-electron chi connectivity index (χ2n) is 7.04. The quantitative estimate of drug-likeness (QED) is 0.864. The third kappa shape index (κ3) is 4.88. The maximum atomic E-state index is 12.7. The lowest BCUT2D eigenvalue weighted by Gasteiger charge is -2.48. The standard InChI is InChI=1S/C15H28N2O4/c1-7-11(2)17(8-12(18)19)13(20)16-9-14(3,4)21-15(5,6)10-16/h11H,7-10H2,1-6H3,(H,18,19). The highest BCUT2D eigenvalue weighted by atomic mass is 16.5. The molecule has 2 amide bonds. The monoisotopic (exact) mass is 300 g/mol. The van der Waals surface area contributed by atoms with Crippen molar-refractivity contribution in [3.8, 4) is 0 Å². The van der Waals surface area contributed by atoms with E-state index in [0.717, 1.165) is 6.42 Å². The number of morpholine rings is 1. The fourth-order valence-electron chi connectivity index (χ4n) is 2.88. The van der Waals surface area contributed by atoms with Gasteiger partial charge in [-0.25, -0.2) is 4.79 Å². The van der Waals surface area contributed by atoms with Crippen molar-refractivity contribution in [3.05, 3.63) is 0 Å². The van der Waals surface area contributed by atoms with Gasteiger partial charge in [-0.3, -0.25) is 4.79 Å². The smallest absolute Gasteiger partial charge is 0.323 e. The Morgan fingerprint density at radius 2 is 1.71 bits per heavy atom. The van der Waals surface area contributed by atoms with Gasteiger partial charge in [0, 0.05) is 6.04 Å². The number of aliphatic carboxylic acids is 1. The van der Waals surface area contributed by atoms with Gasteiger partial charge in [0.25, 0.3) is 0 Å². The van der Waals surface area contributed by atoms with Crippen LogP contribution in [0.25, 0.3) is 0 Å². The summed E-state index contributed by atoms with van der Waals surface area (Å²) in [6.07, 6.45) is 0.718. The lowest BCUT2D eigenvalue weighted by atomic mass is 9.99. The van der Waals surface area contributed by atoms with Gasteiger partial charge in [0.15, 0.2) is 0 Å². The van der Waals surface area contributed by atoms with Gasteiger partial charge in [0.1, 0.15) is 6.54 Å². The van der Waals surface area contributed by atoms with Crippen LogP contribution in [0, 0.1) is 0 Å². The Hall–Kier alpha value is -1.30. The molecule has 1 N–H and O–H groups in total. The van der Waals surface area contributed by atoms with Crippen molar-refractivity contribution < 1.29 is 19.4 Å². The Labute approximate surface area is 127 Å². The number of rotatable bonds is 4. The van der Waals surface area contributed by atoms with Gasteiger partial charge in [-0.15, -0.1) is 0 Å². The number of carbonyl (C=O) groups is 2. The number of carboxylic acids is 1. The van der Waals surface area contributed by atoms with E-state index in [1.165, 1.54) is 4.90 Å². The van der Waals surface area contributed by atoms with E-state index in [4.69, 9.17) is 9.84 Å². The molecule has 0 aromatic carbocycles. The summed E-state index contributed by atoms with van der Waals surface area (Å²) in [5.74, 6) is -0.990. The molecule has 6 nitrogen and oxygen atoms in total. The van der Waals surface area contributed by atoms with Gasteiger partial charge in [-0.05, 0) is 41.0 Å². The molecule has 0 aliphatic carbocycles. The average Bonchev–Trinajstić information content (AvgIpc) is 2.30. The number of ether oxygens (including phenoxy) is 1. The van der Waals surface area contributed by atoms with E-state index < -0.39 is 17.2 Å². The van der Waals surface area contributed by atoms with Crippen LogP contribution in [0.2, 0.25) is 0 Å². The lowest BCUT2D eigenvalue weighted by Crippen LogP contribution is -2.62. The van der Waals surface area contributed by atoms with Gasteiger partial charge in [-0.2, -0.15) is 0 Å². The summed E-state index contributed by atoms with van der Waals surface area (Å²) >= 11 is 0. The Morgan fingerprint density at radius 1 is 1.24 bits per heavy atom. The largest absolute Gasteiger partial charge is 0.480 e. The Morgan fingerprint density at radius 3 is 2.10 bits per heavy atom. The van der Waals surface area contributed by atoms with Crippen molar-refractivity contribution in [1.82, 2.24) is 9.80 Å². The van der Waals surface area contributed by atoms with Crippen LogP contribution in [0.15, 0.2) is 0 Å². The fourth-order valence-corrected chi connectivity index (χ4v) is 2.88. The molecule has 1 aliphatic rings. The molecule has 0 aromatic rings. The molecule has 122 valence electrons. The molecule has 0 saturated carbocycles. The Bertz CT molecular complexity index is 390. The second-order valence-corrected chi connectivity index (χ2v) is 7.04. The SMILES string of the molecule is CCC(C)N(CC(=O)O)C(=O)N1CC(C)(C)OC(C)(C)C1.